The Labute approximate surface area is 231 Å². The Bertz CT molecular complexity index is 1150. The van der Waals surface area contributed by atoms with Crippen LogP contribution >= 0.6 is 12.4 Å². The lowest BCUT2D eigenvalue weighted by Gasteiger charge is -2.31. The Hall–Kier alpha value is -2.65. The van der Waals surface area contributed by atoms with Crippen molar-refractivity contribution in [3.63, 3.8) is 0 Å². The van der Waals surface area contributed by atoms with E-state index in [1.807, 2.05) is 24.0 Å². The fourth-order valence-corrected chi connectivity index (χ4v) is 5.74. The molecule has 2 aromatic rings. The number of nitrogens with zero attached hydrogens (tertiary/aromatic N) is 2. The fraction of sp³-hybridized carbons (Fsp3) is 0.517. The summed E-state index contributed by atoms with van der Waals surface area (Å²) in [6.07, 6.45) is 2.18. The van der Waals surface area contributed by atoms with Gasteiger partial charge in [-0.15, -0.1) is 12.4 Å². The zero-order valence-electron chi connectivity index (χ0n) is 22.2. The topological polar surface area (TPSA) is 94.1 Å². The summed E-state index contributed by atoms with van der Waals surface area (Å²) >= 11 is 0. The van der Waals surface area contributed by atoms with Gasteiger partial charge in [-0.05, 0) is 81.1 Å². The van der Waals surface area contributed by atoms with Crippen LogP contribution in [0.4, 0.5) is 0 Å². The maximum Gasteiger partial charge on any atom is 0.255 e. The molecule has 9 heteroatoms. The number of hydrogen-bond donors (Lipinski definition) is 3. The summed E-state index contributed by atoms with van der Waals surface area (Å²) in [6.45, 7) is 6.47. The minimum Gasteiger partial charge on any atom is -0.493 e. The molecule has 2 atom stereocenters. The highest BCUT2D eigenvalue weighted by Crippen LogP contribution is 2.32. The number of aliphatic hydroxyl groups is 1. The van der Waals surface area contributed by atoms with Crippen molar-refractivity contribution in [3.8, 4) is 5.75 Å². The quantitative estimate of drug-likeness (QED) is 0.475. The molecule has 2 aromatic carbocycles. The summed E-state index contributed by atoms with van der Waals surface area (Å²) in [7, 11) is 2.14. The molecule has 0 saturated carbocycles. The van der Waals surface area contributed by atoms with Crippen LogP contribution in [0.2, 0.25) is 0 Å². The Morgan fingerprint density at radius 1 is 1.18 bits per heavy atom. The number of benzene rings is 2. The van der Waals surface area contributed by atoms with E-state index >= 15 is 0 Å². The minimum absolute atomic E-state index is 0. The lowest BCUT2D eigenvalue weighted by molar-refractivity contribution is 0.0722. The summed E-state index contributed by atoms with van der Waals surface area (Å²) in [5, 5.41) is 17.1. The van der Waals surface area contributed by atoms with Gasteiger partial charge in [-0.25, -0.2) is 0 Å². The molecule has 0 radical (unpaired) electrons. The lowest BCUT2D eigenvalue weighted by Crippen LogP contribution is -2.49. The standard InChI is InChI=1S/C29H38N4O4.ClH/c1-3-37-27-14-23-22(18-33(29(23)36)17-19-8-10-32(2)11-9-19)12-24(27)28(35)31-16-26(34)25-13-20-6-4-5-7-21(20)15-30-25;/h4-7,12,14,19,25-26,30,34H,3,8-11,13,15-18H2,1-2H3,(H,31,35);1H/t25-,26?;/m0./s1. The molecule has 1 saturated heterocycles. The van der Waals surface area contributed by atoms with E-state index < -0.39 is 6.10 Å². The van der Waals surface area contributed by atoms with E-state index in [2.05, 4.69) is 34.7 Å². The Morgan fingerprint density at radius 2 is 1.92 bits per heavy atom. The molecule has 5 rings (SSSR count). The second-order valence-corrected chi connectivity index (χ2v) is 10.6. The average molecular weight is 543 g/mol. The van der Waals surface area contributed by atoms with Crippen LogP contribution in [0.5, 0.6) is 5.75 Å². The van der Waals surface area contributed by atoms with Gasteiger partial charge >= 0.3 is 0 Å². The summed E-state index contributed by atoms with van der Waals surface area (Å²) in [6, 6.07) is 11.6. The number of amides is 2. The molecule has 0 bridgehead atoms. The van der Waals surface area contributed by atoms with E-state index in [0.717, 1.165) is 38.0 Å². The number of carbonyl (C=O) groups excluding carboxylic acids is 2. The van der Waals surface area contributed by atoms with Gasteiger partial charge in [0.05, 0.1) is 18.3 Å². The van der Waals surface area contributed by atoms with E-state index in [1.165, 1.54) is 11.1 Å². The molecule has 3 heterocycles. The first-order valence-corrected chi connectivity index (χ1v) is 13.5. The van der Waals surface area contributed by atoms with Crippen molar-refractivity contribution in [2.45, 2.75) is 51.4 Å². The fourth-order valence-electron chi connectivity index (χ4n) is 5.74. The SMILES string of the molecule is CCOc1cc2c(cc1C(=O)NCC(O)[C@@H]1Cc3ccccc3CN1)CN(CC1CCN(C)CC1)C2=O.Cl. The first-order chi connectivity index (χ1) is 17.9. The summed E-state index contributed by atoms with van der Waals surface area (Å²) < 4.78 is 5.78. The number of hydrogen-bond acceptors (Lipinski definition) is 6. The number of halogens is 1. The minimum atomic E-state index is -0.728. The Kier molecular flexibility index (Phi) is 9.31. The van der Waals surface area contributed by atoms with Crippen LogP contribution in [-0.2, 0) is 19.5 Å². The molecule has 1 unspecified atom stereocenters. The van der Waals surface area contributed by atoms with E-state index in [-0.39, 0.29) is 36.8 Å². The normalized spacial score (nSPS) is 20.3. The van der Waals surface area contributed by atoms with Crippen molar-refractivity contribution in [2.24, 2.45) is 5.92 Å². The molecule has 3 aliphatic heterocycles. The third kappa shape index (κ3) is 6.15. The molecule has 8 nitrogen and oxygen atoms in total. The zero-order chi connectivity index (χ0) is 25.9. The van der Waals surface area contributed by atoms with Gasteiger partial charge in [0, 0.05) is 37.8 Å². The van der Waals surface area contributed by atoms with Crippen LogP contribution in [0.25, 0.3) is 0 Å². The maximum atomic E-state index is 13.2. The van der Waals surface area contributed by atoms with Gasteiger partial charge in [0.2, 0.25) is 0 Å². The van der Waals surface area contributed by atoms with Crippen molar-refractivity contribution in [2.75, 3.05) is 39.8 Å². The van der Waals surface area contributed by atoms with E-state index in [4.69, 9.17) is 4.74 Å². The number of likely N-dealkylation sites (tertiary alicyclic amines) is 1. The maximum absolute atomic E-state index is 13.2. The van der Waals surface area contributed by atoms with Crippen molar-refractivity contribution in [3.05, 3.63) is 64.2 Å². The van der Waals surface area contributed by atoms with E-state index in [0.29, 0.717) is 48.9 Å². The largest absolute Gasteiger partial charge is 0.493 e. The molecular weight excluding hydrogens is 504 g/mol. The van der Waals surface area contributed by atoms with Gasteiger partial charge in [0.15, 0.2) is 0 Å². The van der Waals surface area contributed by atoms with Gasteiger partial charge < -0.3 is 30.3 Å². The molecule has 38 heavy (non-hydrogen) atoms. The van der Waals surface area contributed by atoms with Crippen LogP contribution in [0, 0.1) is 5.92 Å². The highest BCUT2D eigenvalue weighted by molar-refractivity contribution is 6.03. The molecule has 1 fully saturated rings. The van der Waals surface area contributed by atoms with Crippen molar-refractivity contribution in [1.82, 2.24) is 20.4 Å². The smallest absolute Gasteiger partial charge is 0.255 e. The highest BCUT2D eigenvalue weighted by Gasteiger charge is 2.33. The zero-order valence-corrected chi connectivity index (χ0v) is 23.1. The number of aliphatic hydroxyl groups excluding tert-OH is 1. The molecule has 3 N–H and O–H groups in total. The first kappa shape index (κ1) is 28.4. The Balaban J connectivity index is 0.00000336. The van der Waals surface area contributed by atoms with Crippen LogP contribution in [0.15, 0.2) is 36.4 Å². The third-order valence-corrected chi connectivity index (χ3v) is 7.99. The molecule has 0 aliphatic carbocycles. The molecule has 0 aromatic heterocycles. The Morgan fingerprint density at radius 3 is 2.66 bits per heavy atom. The number of ether oxygens (including phenoxy) is 1. The second-order valence-electron chi connectivity index (χ2n) is 10.6. The van der Waals surface area contributed by atoms with Crippen molar-refractivity contribution < 1.29 is 19.4 Å². The predicted molar refractivity (Wildman–Crippen MR) is 149 cm³/mol. The molecule has 2 amide bonds. The van der Waals surface area contributed by atoms with Crippen LogP contribution in [0.3, 0.4) is 0 Å². The lowest BCUT2D eigenvalue weighted by atomic mass is 9.93. The first-order valence-electron chi connectivity index (χ1n) is 13.5. The van der Waals surface area contributed by atoms with Crippen LogP contribution in [0.1, 0.15) is 57.2 Å². The number of nitrogens with one attached hydrogen (secondary N) is 2. The van der Waals surface area contributed by atoms with E-state index in [9.17, 15) is 14.7 Å². The van der Waals surface area contributed by atoms with Gasteiger partial charge in [-0.3, -0.25) is 9.59 Å². The van der Waals surface area contributed by atoms with Crippen LogP contribution in [-0.4, -0.2) is 78.7 Å². The summed E-state index contributed by atoms with van der Waals surface area (Å²) in [4.78, 5) is 30.6. The van der Waals surface area contributed by atoms with Crippen molar-refractivity contribution in [1.29, 1.82) is 0 Å². The average Bonchev–Trinajstić information content (AvgIpc) is 3.21. The second kappa shape index (κ2) is 12.5. The third-order valence-electron chi connectivity index (χ3n) is 7.99. The molecule has 206 valence electrons. The van der Waals surface area contributed by atoms with Crippen molar-refractivity contribution >= 4 is 24.2 Å². The predicted octanol–water partition coefficient (Wildman–Crippen LogP) is 2.61. The van der Waals surface area contributed by atoms with Crippen LogP contribution < -0.4 is 15.4 Å². The van der Waals surface area contributed by atoms with E-state index in [1.54, 1.807) is 12.1 Å². The number of carbonyl (C=O) groups is 2. The summed E-state index contributed by atoms with van der Waals surface area (Å²) in [5.41, 5.74) is 4.36. The summed E-state index contributed by atoms with van der Waals surface area (Å²) in [5.74, 6) is 0.626. The highest BCUT2D eigenvalue weighted by atomic mass is 35.5. The van der Waals surface area contributed by atoms with Gasteiger partial charge in [-0.1, -0.05) is 24.3 Å². The number of rotatable bonds is 8. The monoisotopic (exact) mass is 542 g/mol. The van der Waals surface area contributed by atoms with Gasteiger partial charge in [-0.2, -0.15) is 0 Å². The molecular formula is C29H39ClN4O4. The molecule has 3 aliphatic rings. The number of piperidine rings is 1. The van der Waals surface area contributed by atoms with Gasteiger partial charge in [0.25, 0.3) is 11.8 Å². The van der Waals surface area contributed by atoms with Gasteiger partial charge in [0.1, 0.15) is 5.75 Å². The number of fused-ring (bicyclic) bond motifs is 2. The molecule has 0 spiro atoms.